The Bertz CT molecular complexity index is 1500. The van der Waals surface area contributed by atoms with E-state index >= 15 is 0 Å². The zero-order valence-corrected chi connectivity index (χ0v) is 23.1. The van der Waals surface area contributed by atoms with Gasteiger partial charge in [0, 0.05) is 29.4 Å². The van der Waals surface area contributed by atoms with Gasteiger partial charge >= 0.3 is 6.18 Å². The Balaban J connectivity index is 1.59. The first-order valence-electron chi connectivity index (χ1n) is 12.8. The molecule has 12 heteroatoms. The molecule has 2 N–H and O–H groups in total. The lowest BCUT2D eigenvalue weighted by molar-refractivity contribution is -0.140. The van der Waals surface area contributed by atoms with Crippen molar-refractivity contribution in [1.82, 2.24) is 9.47 Å². The highest BCUT2D eigenvalue weighted by atomic mass is 32.2. The zero-order valence-electron chi connectivity index (χ0n) is 22.3. The van der Waals surface area contributed by atoms with E-state index in [0.717, 1.165) is 37.9 Å². The van der Waals surface area contributed by atoms with Gasteiger partial charge in [0.15, 0.2) is 9.84 Å². The van der Waals surface area contributed by atoms with Crippen LogP contribution >= 0.6 is 0 Å². The van der Waals surface area contributed by atoms with Crippen LogP contribution in [0.15, 0.2) is 47.4 Å². The highest BCUT2D eigenvalue weighted by Gasteiger charge is 2.30. The minimum absolute atomic E-state index is 0.0133. The molecule has 4 rings (SSSR count). The number of alkyl halides is 4. The molecule has 216 valence electrons. The fraction of sp³-hybridized carbons (Fsp3) is 0.429. The highest BCUT2D eigenvalue weighted by molar-refractivity contribution is 7.90. The van der Waals surface area contributed by atoms with Crippen molar-refractivity contribution in [3.8, 4) is 17.6 Å². The molecule has 1 fully saturated rings. The molecule has 0 unspecified atom stereocenters. The monoisotopic (exact) mass is 580 g/mol. The molecule has 2 aromatic carbocycles. The normalized spacial score (nSPS) is 15.1. The molecular formula is C28H32F4N4O3S. The Kier molecular flexibility index (Phi) is 9.15. The lowest BCUT2D eigenvalue weighted by atomic mass is 10.0. The van der Waals surface area contributed by atoms with E-state index in [1.54, 1.807) is 18.2 Å². The lowest BCUT2D eigenvalue weighted by Crippen LogP contribution is -2.36. The van der Waals surface area contributed by atoms with Gasteiger partial charge < -0.3 is 24.8 Å². The Morgan fingerprint density at radius 3 is 2.52 bits per heavy atom. The van der Waals surface area contributed by atoms with Gasteiger partial charge in [0.2, 0.25) is 0 Å². The lowest BCUT2D eigenvalue weighted by Gasteiger charge is -2.30. The minimum Gasteiger partial charge on any atom is -0.489 e. The summed E-state index contributed by atoms with van der Waals surface area (Å²) >= 11 is 0. The number of hydrogen-bond acceptors (Lipinski definition) is 6. The molecule has 0 bridgehead atoms. The number of ether oxygens (including phenoxy) is 1. The van der Waals surface area contributed by atoms with E-state index in [1.807, 2.05) is 6.07 Å². The number of aromatic nitrogens is 1. The van der Waals surface area contributed by atoms with Crippen LogP contribution in [-0.4, -0.2) is 76.3 Å². The molecule has 1 aromatic heterocycles. The number of hydrogen-bond donors (Lipinski definition) is 2. The predicted octanol–water partition coefficient (Wildman–Crippen LogP) is 4.93. The van der Waals surface area contributed by atoms with Gasteiger partial charge in [0.1, 0.15) is 25.6 Å². The molecule has 1 aliphatic rings. The average Bonchev–Trinajstić information content (AvgIpc) is 3.23. The van der Waals surface area contributed by atoms with Crippen LogP contribution in [-0.2, 0) is 16.4 Å². The first kappa shape index (κ1) is 29.6. The SMILES string of the molecule is CN1CCC(Nc2cccc3c2cc(C#CCNc2ccc(S(C)(=O)=O)cc2OCCF)n3CC(F)(F)F)CC1. The molecule has 1 saturated heterocycles. The molecular weight excluding hydrogens is 548 g/mol. The summed E-state index contributed by atoms with van der Waals surface area (Å²) in [6, 6.07) is 11.3. The van der Waals surface area contributed by atoms with Crippen LogP contribution in [0.3, 0.4) is 0 Å². The number of fused-ring (bicyclic) bond motifs is 1. The minimum atomic E-state index is -4.44. The van der Waals surface area contributed by atoms with Crippen molar-refractivity contribution in [1.29, 1.82) is 0 Å². The van der Waals surface area contributed by atoms with E-state index in [9.17, 15) is 26.0 Å². The van der Waals surface area contributed by atoms with Gasteiger partial charge in [0.25, 0.3) is 0 Å². The third-order valence-corrected chi connectivity index (χ3v) is 7.77. The van der Waals surface area contributed by atoms with E-state index < -0.39 is 29.2 Å². The molecule has 0 saturated carbocycles. The van der Waals surface area contributed by atoms with Gasteiger partial charge in [0.05, 0.1) is 28.3 Å². The quantitative estimate of drug-likeness (QED) is 0.276. The number of rotatable bonds is 9. The summed E-state index contributed by atoms with van der Waals surface area (Å²) in [5.41, 5.74) is 1.81. The Morgan fingerprint density at radius 1 is 1.10 bits per heavy atom. The van der Waals surface area contributed by atoms with E-state index in [-0.39, 0.29) is 35.5 Å². The third-order valence-electron chi connectivity index (χ3n) is 6.66. The van der Waals surface area contributed by atoms with Gasteiger partial charge in [-0.3, -0.25) is 0 Å². The highest BCUT2D eigenvalue weighted by Crippen LogP contribution is 2.31. The molecule has 0 spiro atoms. The van der Waals surface area contributed by atoms with Gasteiger partial charge in [-0.25, -0.2) is 12.8 Å². The van der Waals surface area contributed by atoms with Crippen molar-refractivity contribution >= 4 is 32.1 Å². The first-order valence-corrected chi connectivity index (χ1v) is 14.7. The summed E-state index contributed by atoms with van der Waals surface area (Å²) in [5.74, 6) is 5.84. The van der Waals surface area contributed by atoms with Crippen LogP contribution in [0, 0.1) is 11.8 Å². The van der Waals surface area contributed by atoms with Gasteiger partial charge in [-0.1, -0.05) is 12.0 Å². The number of anilines is 2. The van der Waals surface area contributed by atoms with Crippen molar-refractivity contribution in [2.45, 2.75) is 36.5 Å². The van der Waals surface area contributed by atoms with Crippen molar-refractivity contribution in [3.63, 3.8) is 0 Å². The molecule has 40 heavy (non-hydrogen) atoms. The average molecular weight is 581 g/mol. The maximum absolute atomic E-state index is 13.5. The zero-order chi connectivity index (χ0) is 28.9. The van der Waals surface area contributed by atoms with E-state index in [2.05, 4.69) is 34.4 Å². The molecule has 0 amide bonds. The Morgan fingerprint density at radius 2 is 1.85 bits per heavy atom. The first-order chi connectivity index (χ1) is 18.9. The maximum atomic E-state index is 13.5. The van der Waals surface area contributed by atoms with Crippen molar-refractivity contribution in [3.05, 3.63) is 48.2 Å². The summed E-state index contributed by atoms with van der Waals surface area (Å²) in [6.07, 6.45) is -1.51. The number of piperidine rings is 1. The van der Waals surface area contributed by atoms with Crippen LogP contribution in [0.1, 0.15) is 18.5 Å². The van der Waals surface area contributed by atoms with E-state index in [4.69, 9.17) is 4.74 Å². The van der Waals surface area contributed by atoms with Crippen LogP contribution in [0.5, 0.6) is 5.75 Å². The molecule has 7 nitrogen and oxygen atoms in total. The molecule has 0 aliphatic carbocycles. The van der Waals surface area contributed by atoms with Crippen molar-refractivity contribution < 1.29 is 30.7 Å². The van der Waals surface area contributed by atoms with Crippen LogP contribution in [0.2, 0.25) is 0 Å². The second kappa shape index (κ2) is 12.4. The number of likely N-dealkylation sites (tertiary alicyclic amines) is 1. The molecule has 2 heterocycles. The van der Waals surface area contributed by atoms with Crippen LogP contribution in [0.25, 0.3) is 10.9 Å². The number of halogens is 4. The van der Waals surface area contributed by atoms with Gasteiger partial charge in [-0.15, -0.1) is 0 Å². The number of sulfone groups is 1. The van der Waals surface area contributed by atoms with Crippen LogP contribution in [0.4, 0.5) is 28.9 Å². The topological polar surface area (TPSA) is 75.6 Å². The van der Waals surface area contributed by atoms with E-state index in [0.29, 0.717) is 16.6 Å². The number of benzene rings is 2. The second-order valence-electron chi connectivity index (χ2n) is 9.81. The Hall–Kier alpha value is -3.43. The van der Waals surface area contributed by atoms with Crippen molar-refractivity contribution in [2.24, 2.45) is 0 Å². The predicted molar refractivity (Wildman–Crippen MR) is 149 cm³/mol. The molecule has 0 radical (unpaired) electrons. The van der Waals surface area contributed by atoms with E-state index in [1.165, 1.54) is 22.8 Å². The Labute approximate surface area is 231 Å². The van der Waals surface area contributed by atoms with Crippen molar-refractivity contribution in [2.75, 3.05) is 56.9 Å². The summed E-state index contributed by atoms with van der Waals surface area (Å²) in [7, 11) is -1.44. The fourth-order valence-electron chi connectivity index (χ4n) is 4.66. The smallest absolute Gasteiger partial charge is 0.406 e. The molecule has 1 aliphatic heterocycles. The molecule has 3 aromatic rings. The summed E-state index contributed by atoms with van der Waals surface area (Å²) in [5, 5.41) is 7.16. The summed E-state index contributed by atoms with van der Waals surface area (Å²) < 4.78 is 83.5. The maximum Gasteiger partial charge on any atom is 0.406 e. The number of nitrogens with zero attached hydrogens (tertiary/aromatic N) is 2. The fourth-order valence-corrected chi connectivity index (χ4v) is 5.29. The standard InChI is InChI=1S/C28H32F4N4O3S/c1-35-14-10-20(11-15-35)34-24-6-3-7-26-23(24)17-21(36(26)19-28(30,31)32)5-4-13-33-25-9-8-22(40(2,37)38)18-27(25)39-16-12-29/h3,6-9,17-18,20,33-34H,10-16,19H2,1-2H3. The summed E-state index contributed by atoms with van der Waals surface area (Å²) in [4.78, 5) is 2.26. The second-order valence-corrected chi connectivity index (χ2v) is 11.8. The largest absolute Gasteiger partial charge is 0.489 e. The van der Waals surface area contributed by atoms with Gasteiger partial charge in [-0.2, -0.15) is 13.2 Å². The third kappa shape index (κ3) is 7.61. The summed E-state index contributed by atoms with van der Waals surface area (Å²) in [6.45, 7) is -0.286. The van der Waals surface area contributed by atoms with Crippen LogP contribution < -0.4 is 15.4 Å². The van der Waals surface area contributed by atoms with Gasteiger partial charge in [-0.05, 0) is 69.2 Å². The number of nitrogens with one attached hydrogen (secondary N) is 2. The molecule has 0 atom stereocenters.